The molecule has 0 N–H and O–H groups in total. The molecule has 0 aliphatic heterocycles. The van der Waals surface area contributed by atoms with E-state index in [1.165, 1.54) is 0 Å². The molecule has 0 aliphatic carbocycles. The number of hydrogen-bond donors (Lipinski definition) is 0. The lowest BCUT2D eigenvalue weighted by atomic mass is 10.1. The molecule has 0 amide bonds. The number of nitriles is 1. The molecule has 0 radical (unpaired) electrons. The van der Waals surface area contributed by atoms with Crippen LogP contribution in [0.15, 0.2) is 48.5 Å². The summed E-state index contributed by atoms with van der Waals surface area (Å²) in [4.78, 5) is 11.8. The van der Waals surface area contributed by atoms with Gasteiger partial charge in [-0.05, 0) is 35.7 Å². The molecule has 0 fully saturated rings. The van der Waals surface area contributed by atoms with Crippen molar-refractivity contribution in [1.82, 2.24) is 0 Å². The van der Waals surface area contributed by atoms with Gasteiger partial charge in [0.15, 0.2) is 0 Å². The Morgan fingerprint density at radius 1 is 1.14 bits per heavy atom. The second kappa shape index (κ2) is 7.84. The van der Waals surface area contributed by atoms with Gasteiger partial charge in [0.25, 0.3) is 0 Å². The van der Waals surface area contributed by atoms with E-state index >= 15 is 0 Å². The largest absolute Gasteiger partial charge is 0.496 e. The number of para-hydroxylation sites is 1. The van der Waals surface area contributed by atoms with E-state index in [9.17, 15) is 4.79 Å². The number of ether oxygens (including phenoxy) is 2. The number of carbonyl (C=O) groups is 1. The first-order valence-corrected chi connectivity index (χ1v) is 6.99. The first-order chi connectivity index (χ1) is 10.7. The van der Waals surface area contributed by atoms with E-state index in [2.05, 4.69) is 0 Å². The van der Waals surface area contributed by atoms with E-state index in [-0.39, 0.29) is 12.6 Å². The van der Waals surface area contributed by atoms with Crippen LogP contribution < -0.4 is 4.74 Å². The van der Waals surface area contributed by atoms with Crippen molar-refractivity contribution in [2.24, 2.45) is 0 Å². The molecular formula is C18H17NO3. The van der Waals surface area contributed by atoms with Crippen LogP contribution in [0.2, 0.25) is 0 Å². The zero-order valence-electron chi connectivity index (χ0n) is 12.4. The predicted octanol–water partition coefficient (Wildman–Crippen LogP) is 3.24. The van der Waals surface area contributed by atoms with Gasteiger partial charge in [0.2, 0.25) is 0 Å². The summed E-state index contributed by atoms with van der Waals surface area (Å²) in [6, 6.07) is 16.6. The maximum Gasteiger partial charge on any atom is 0.306 e. The number of rotatable bonds is 6. The number of benzene rings is 2. The fourth-order valence-electron chi connectivity index (χ4n) is 2.06. The SMILES string of the molecule is COc1ccccc1CCC(=O)OCc1ccc(C#N)cc1. The van der Waals surface area contributed by atoms with E-state index in [0.717, 1.165) is 16.9 Å². The Kier molecular flexibility index (Phi) is 5.56. The van der Waals surface area contributed by atoms with Gasteiger partial charge in [-0.2, -0.15) is 5.26 Å². The minimum Gasteiger partial charge on any atom is -0.496 e. The topological polar surface area (TPSA) is 59.3 Å². The fraction of sp³-hybridized carbons (Fsp3) is 0.222. The van der Waals surface area contributed by atoms with Gasteiger partial charge in [-0.25, -0.2) is 0 Å². The molecular weight excluding hydrogens is 278 g/mol. The van der Waals surface area contributed by atoms with Crippen molar-refractivity contribution in [1.29, 1.82) is 5.26 Å². The highest BCUT2D eigenvalue weighted by Crippen LogP contribution is 2.19. The number of methoxy groups -OCH3 is 1. The summed E-state index contributed by atoms with van der Waals surface area (Å²) >= 11 is 0. The third kappa shape index (κ3) is 4.35. The lowest BCUT2D eigenvalue weighted by Crippen LogP contribution is -2.06. The molecule has 0 saturated carbocycles. The number of carbonyl (C=O) groups excluding carboxylic acids is 1. The van der Waals surface area contributed by atoms with Crippen LogP contribution in [0.4, 0.5) is 0 Å². The second-order valence-electron chi connectivity index (χ2n) is 4.78. The Labute approximate surface area is 129 Å². The minimum absolute atomic E-state index is 0.219. The quantitative estimate of drug-likeness (QED) is 0.768. The number of aryl methyl sites for hydroxylation is 1. The average Bonchev–Trinajstić information content (AvgIpc) is 2.58. The molecule has 0 aliphatic rings. The predicted molar refractivity (Wildman–Crippen MR) is 82.3 cm³/mol. The van der Waals surface area contributed by atoms with E-state index in [4.69, 9.17) is 14.7 Å². The molecule has 0 unspecified atom stereocenters. The smallest absolute Gasteiger partial charge is 0.306 e. The summed E-state index contributed by atoms with van der Waals surface area (Å²) in [5, 5.41) is 8.72. The van der Waals surface area contributed by atoms with Crippen LogP contribution >= 0.6 is 0 Å². The first-order valence-electron chi connectivity index (χ1n) is 6.99. The highest BCUT2D eigenvalue weighted by molar-refractivity contribution is 5.69. The van der Waals surface area contributed by atoms with Crippen molar-refractivity contribution < 1.29 is 14.3 Å². The van der Waals surface area contributed by atoms with Crippen LogP contribution in [0.5, 0.6) is 5.75 Å². The van der Waals surface area contributed by atoms with Crippen LogP contribution in [0.25, 0.3) is 0 Å². The Bertz CT molecular complexity index is 671. The summed E-state index contributed by atoms with van der Waals surface area (Å²) in [7, 11) is 1.61. The maximum absolute atomic E-state index is 11.8. The molecule has 0 spiro atoms. The molecule has 0 saturated heterocycles. The van der Waals surface area contributed by atoms with Gasteiger partial charge < -0.3 is 9.47 Å². The monoisotopic (exact) mass is 295 g/mol. The molecule has 2 aromatic carbocycles. The maximum atomic E-state index is 11.8. The fourth-order valence-corrected chi connectivity index (χ4v) is 2.06. The molecule has 0 atom stereocenters. The third-order valence-corrected chi connectivity index (χ3v) is 3.27. The summed E-state index contributed by atoms with van der Waals surface area (Å²) in [6.45, 7) is 0.219. The highest BCUT2D eigenvalue weighted by Gasteiger charge is 2.07. The van der Waals surface area contributed by atoms with E-state index in [1.54, 1.807) is 31.4 Å². The number of nitrogens with zero attached hydrogens (tertiary/aromatic N) is 1. The van der Waals surface area contributed by atoms with Crippen LogP contribution in [0, 0.1) is 11.3 Å². The molecule has 4 heteroatoms. The van der Waals surface area contributed by atoms with E-state index in [1.807, 2.05) is 30.3 Å². The average molecular weight is 295 g/mol. The molecule has 0 heterocycles. The minimum atomic E-state index is -0.254. The lowest BCUT2D eigenvalue weighted by molar-refractivity contribution is -0.144. The summed E-state index contributed by atoms with van der Waals surface area (Å²) in [5.41, 5.74) is 2.44. The van der Waals surface area contributed by atoms with Crippen LogP contribution in [0.3, 0.4) is 0 Å². The summed E-state index contributed by atoms with van der Waals surface area (Å²) in [5.74, 6) is 0.526. The van der Waals surface area contributed by atoms with Crippen molar-refractivity contribution >= 4 is 5.97 Å². The van der Waals surface area contributed by atoms with Crippen LogP contribution in [-0.2, 0) is 22.6 Å². The van der Waals surface area contributed by atoms with Crippen molar-refractivity contribution in [2.45, 2.75) is 19.4 Å². The highest BCUT2D eigenvalue weighted by atomic mass is 16.5. The van der Waals surface area contributed by atoms with Gasteiger partial charge in [0.1, 0.15) is 12.4 Å². The lowest BCUT2D eigenvalue weighted by Gasteiger charge is -2.08. The molecule has 4 nitrogen and oxygen atoms in total. The van der Waals surface area contributed by atoms with E-state index in [0.29, 0.717) is 18.4 Å². The van der Waals surface area contributed by atoms with Crippen molar-refractivity contribution in [3.63, 3.8) is 0 Å². The molecule has 0 aromatic heterocycles. The molecule has 22 heavy (non-hydrogen) atoms. The first kappa shape index (κ1) is 15.6. The van der Waals surface area contributed by atoms with Crippen molar-refractivity contribution in [3.05, 3.63) is 65.2 Å². The van der Waals surface area contributed by atoms with Gasteiger partial charge >= 0.3 is 5.97 Å². The van der Waals surface area contributed by atoms with Gasteiger partial charge in [0.05, 0.1) is 18.7 Å². The Morgan fingerprint density at radius 2 is 1.86 bits per heavy atom. The van der Waals surface area contributed by atoms with Crippen molar-refractivity contribution in [3.8, 4) is 11.8 Å². The van der Waals surface area contributed by atoms with Crippen LogP contribution in [0.1, 0.15) is 23.1 Å². The van der Waals surface area contributed by atoms with Crippen molar-refractivity contribution in [2.75, 3.05) is 7.11 Å². The van der Waals surface area contributed by atoms with Gasteiger partial charge in [0, 0.05) is 6.42 Å². The number of esters is 1. The van der Waals surface area contributed by atoms with Gasteiger partial charge in [-0.15, -0.1) is 0 Å². The Morgan fingerprint density at radius 3 is 2.55 bits per heavy atom. The zero-order valence-corrected chi connectivity index (χ0v) is 12.4. The third-order valence-electron chi connectivity index (χ3n) is 3.27. The summed E-state index contributed by atoms with van der Waals surface area (Å²) < 4.78 is 10.5. The van der Waals surface area contributed by atoms with Gasteiger partial charge in [-0.1, -0.05) is 30.3 Å². The molecule has 0 bridgehead atoms. The van der Waals surface area contributed by atoms with Gasteiger partial charge in [-0.3, -0.25) is 4.79 Å². The number of hydrogen-bond acceptors (Lipinski definition) is 4. The van der Waals surface area contributed by atoms with E-state index < -0.39 is 0 Å². The normalized spacial score (nSPS) is 9.82. The molecule has 2 rings (SSSR count). The Hall–Kier alpha value is -2.80. The second-order valence-corrected chi connectivity index (χ2v) is 4.78. The Balaban J connectivity index is 1.81. The van der Waals surface area contributed by atoms with Crippen LogP contribution in [-0.4, -0.2) is 13.1 Å². The summed E-state index contributed by atoms with van der Waals surface area (Å²) in [6.07, 6.45) is 0.882. The zero-order chi connectivity index (χ0) is 15.8. The standard InChI is InChI=1S/C18H17NO3/c1-21-17-5-3-2-4-16(17)10-11-18(20)22-13-15-8-6-14(12-19)7-9-15/h2-9H,10-11,13H2,1H3. The molecule has 112 valence electrons. The molecule has 2 aromatic rings.